The molecule has 0 aromatic carbocycles. The Labute approximate surface area is 106 Å². The first-order valence-corrected chi connectivity index (χ1v) is 6.67. The molecular weight excluding hydrogens is 232 g/mol. The molecule has 1 aromatic rings. The first-order chi connectivity index (χ1) is 8.77. The summed E-state index contributed by atoms with van der Waals surface area (Å²) in [5.41, 5.74) is 0. The van der Waals surface area contributed by atoms with E-state index in [-0.39, 0.29) is 11.8 Å². The first kappa shape index (κ1) is 12.1. The zero-order valence-electron chi connectivity index (χ0n) is 10.7. The molecule has 1 aliphatic carbocycles. The zero-order chi connectivity index (χ0) is 12.4. The van der Waals surface area contributed by atoms with Crippen LogP contribution in [-0.4, -0.2) is 40.2 Å². The van der Waals surface area contributed by atoms with Gasteiger partial charge in [-0.2, -0.15) is 5.10 Å². The van der Waals surface area contributed by atoms with Gasteiger partial charge >= 0.3 is 0 Å². The van der Waals surface area contributed by atoms with Gasteiger partial charge in [0, 0.05) is 18.9 Å². The van der Waals surface area contributed by atoms with Gasteiger partial charge in [0.25, 0.3) is 0 Å². The molecule has 2 N–H and O–H groups in total. The smallest absolute Gasteiger partial charge is 0.168 e. The molecule has 2 aliphatic rings. The van der Waals surface area contributed by atoms with Crippen LogP contribution < -0.4 is 5.32 Å². The van der Waals surface area contributed by atoms with Crippen molar-refractivity contribution >= 4 is 0 Å². The molecule has 100 valence electrons. The van der Waals surface area contributed by atoms with Crippen molar-refractivity contribution in [1.29, 1.82) is 0 Å². The lowest BCUT2D eigenvalue weighted by Gasteiger charge is -2.36. The van der Waals surface area contributed by atoms with Gasteiger partial charge in [0.15, 0.2) is 5.79 Å². The number of aromatic nitrogens is 3. The van der Waals surface area contributed by atoms with E-state index in [0.717, 1.165) is 44.7 Å². The highest BCUT2D eigenvalue weighted by Gasteiger charge is 2.40. The van der Waals surface area contributed by atoms with Gasteiger partial charge in [-0.1, -0.05) is 0 Å². The Morgan fingerprint density at radius 1 is 1.39 bits per heavy atom. The standard InChI is InChI=1S/C12H20N4O2/c1-9(11-13-8-14-16-11)15-10-2-4-12(5-3-10)17-6-7-18-12/h8-10,15H,2-7H2,1H3,(H,13,14,16). The van der Waals surface area contributed by atoms with Crippen molar-refractivity contribution in [3.05, 3.63) is 12.2 Å². The minimum Gasteiger partial charge on any atom is -0.348 e. The van der Waals surface area contributed by atoms with E-state index in [9.17, 15) is 0 Å². The predicted molar refractivity (Wildman–Crippen MR) is 64.8 cm³/mol. The summed E-state index contributed by atoms with van der Waals surface area (Å²) in [5.74, 6) is 0.622. The molecule has 6 nitrogen and oxygen atoms in total. The summed E-state index contributed by atoms with van der Waals surface area (Å²) in [4.78, 5) is 4.17. The lowest BCUT2D eigenvalue weighted by molar-refractivity contribution is -0.179. The Balaban J connectivity index is 1.51. The highest BCUT2D eigenvalue weighted by Crippen LogP contribution is 2.36. The normalized spacial score (nSPS) is 25.6. The van der Waals surface area contributed by atoms with Crippen LogP contribution in [0.25, 0.3) is 0 Å². The minimum atomic E-state index is -0.270. The van der Waals surface area contributed by atoms with Crippen molar-refractivity contribution in [2.24, 2.45) is 0 Å². The van der Waals surface area contributed by atoms with Gasteiger partial charge in [-0.3, -0.25) is 5.10 Å². The fraction of sp³-hybridized carbons (Fsp3) is 0.833. The van der Waals surface area contributed by atoms with Crippen molar-refractivity contribution < 1.29 is 9.47 Å². The number of aromatic amines is 1. The Morgan fingerprint density at radius 3 is 2.72 bits per heavy atom. The van der Waals surface area contributed by atoms with Crippen LogP contribution in [0.4, 0.5) is 0 Å². The highest BCUT2D eigenvalue weighted by atomic mass is 16.7. The van der Waals surface area contributed by atoms with E-state index >= 15 is 0 Å². The third-order valence-electron chi connectivity index (χ3n) is 3.89. The molecule has 3 rings (SSSR count). The number of ether oxygens (including phenoxy) is 2. The molecule has 1 saturated carbocycles. The third kappa shape index (κ3) is 2.41. The molecule has 2 heterocycles. The topological polar surface area (TPSA) is 72.1 Å². The summed E-state index contributed by atoms with van der Waals surface area (Å²) in [6.07, 6.45) is 5.67. The van der Waals surface area contributed by atoms with Gasteiger partial charge in [-0.25, -0.2) is 4.98 Å². The van der Waals surface area contributed by atoms with E-state index < -0.39 is 0 Å². The van der Waals surface area contributed by atoms with Gasteiger partial charge in [0.2, 0.25) is 0 Å². The monoisotopic (exact) mass is 252 g/mol. The second-order valence-electron chi connectivity index (χ2n) is 5.14. The van der Waals surface area contributed by atoms with Crippen molar-refractivity contribution in [3.63, 3.8) is 0 Å². The Kier molecular flexibility index (Phi) is 3.32. The summed E-state index contributed by atoms with van der Waals surface area (Å²) in [6.45, 7) is 3.59. The van der Waals surface area contributed by atoms with Crippen LogP contribution in [0.2, 0.25) is 0 Å². The number of hydrogen-bond donors (Lipinski definition) is 2. The van der Waals surface area contributed by atoms with E-state index in [1.54, 1.807) is 6.33 Å². The van der Waals surface area contributed by atoms with Crippen molar-refractivity contribution in [3.8, 4) is 0 Å². The Hall–Kier alpha value is -0.980. The molecule has 0 radical (unpaired) electrons. The maximum atomic E-state index is 5.73. The highest BCUT2D eigenvalue weighted by molar-refractivity contribution is 4.92. The summed E-state index contributed by atoms with van der Waals surface area (Å²) in [6, 6.07) is 0.709. The van der Waals surface area contributed by atoms with Crippen molar-refractivity contribution in [2.75, 3.05) is 13.2 Å². The fourth-order valence-corrected chi connectivity index (χ4v) is 2.87. The molecule has 18 heavy (non-hydrogen) atoms. The molecule has 0 amide bonds. The molecule has 1 saturated heterocycles. The van der Waals surface area contributed by atoms with Crippen LogP contribution in [0, 0.1) is 0 Å². The molecule has 1 atom stereocenters. The van der Waals surface area contributed by atoms with Crippen molar-refractivity contribution in [1.82, 2.24) is 20.5 Å². The third-order valence-corrected chi connectivity index (χ3v) is 3.89. The van der Waals surface area contributed by atoms with Crippen LogP contribution in [0.3, 0.4) is 0 Å². The van der Waals surface area contributed by atoms with Gasteiger partial charge in [-0.05, 0) is 19.8 Å². The van der Waals surface area contributed by atoms with E-state index in [0.29, 0.717) is 6.04 Å². The van der Waals surface area contributed by atoms with E-state index in [2.05, 4.69) is 27.4 Å². The number of nitrogens with one attached hydrogen (secondary N) is 2. The average Bonchev–Trinajstić information content (AvgIpc) is 3.04. The SMILES string of the molecule is CC(NC1CCC2(CC1)OCCO2)c1ncn[nH]1. The quantitative estimate of drug-likeness (QED) is 0.844. The van der Waals surface area contributed by atoms with Crippen LogP contribution in [0.5, 0.6) is 0 Å². The van der Waals surface area contributed by atoms with Crippen molar-refractivity contribution in [2.45, 2.75) is 50.5 Å². The maximum absolute atomic E-state index is 5.73. The fourth-order valence-electron chi connectivity index (χ4n) is 2.87. The minimum absolute atomic E-state index is 0.206. The Morgan fingerprint density at radius 2 is 2.11 bits per heavy atom. The molecule has 0 bridgehead atoms. The molecular formula is C12H20N4O2. The predicted octanol–water partition coefficient (Wildman–Crippen LogP) is 1.14. The lowest BCUT2D eigenvalue weighted by atomic mass is 9.89. The number of nitrogens with zero attached hydrogens (tertiary/aromatic N) is 2. The van der Waals surface area contributed by atoms with Crippen LogP contribution >= 0.6 is 0 Å². The summed E-state index contributed by atoms with van der Waals surface area (Å²) >= 11 is 0. The largest absolute Gasteiger partial charge is 0.348 e. The lowest BCUT2D eigenvalue weighted by Crippen LogP contribution is -2.42. The van der Waals surface area contributed by atoms with Gasteiger partial charge < -0.3 is 14.8 Å². The Bertz CT molecular complexity index is 365. The molecule has 2 fully saturated rings. The van der Waals surface area contributed by atoms with Gasteiger partial charge in [0.05, 0.1) is 19.3 Å². The van der Waals surface area contributed by atoms with E-state index in [1.165, 1.54) is 0 Å². The first-order valence-electron chi connectivity index (χ1n) is 6.67. The summed E-state index contributed by atoms with van der Waals surface area (Å²) in [5, 5.41) is 10.4. The number of hydrogen-bond acceptors (Lipinski definition) is 5. The summed E-state index contributed by atoms with van der Waals surface area (Å²) in [7, 11) is 0. The average molecular weight is 252 g/mol. The molecule has 1 unspecified atom stereocenters. The second-order valence-corrected chi connectivity index (χ2v) is 5.14. The molecule has 1 aromatic heterocycles. The van der Waals surface area contributed by atoms with Gasteiger partial charge in [-0.15, -0.1) is 0 Å². The molecule has 1 spiro atoms. The maximum Gasteiger partial charge on any atom is 0.168 e. The number of H-pyrrole nitrogens is 1. The van der Waals surface area contributed by atoms with Crippen LogP contribution in [-0.2, 0) is 9.47 Å². The molecule has 1 aliphatic heterocycles. The number of rotatable bonds is 3. The second kappa shape index (κ2) is 4.95. The summed E-state index contributed by atoms with van der Waals surface area (Å²) < 4.78 is 11.5. The van der Waals surface area contributed by atoms with Gasteiger partial charge in [0.1, 0.15) is 12.2 Å². The van der Waals surface area contributed by atoms with Crippen LogP contribution in [0.15, 0.2) is 6.33 Å². The van der Waals surface area contributed by atoms with E-state index in [1.807, 2.05) is 0 Å². The zero-order valence-corrected chi connectivity index (χ0v) is 10.7. The van der Waals surface area contributed by atoms with E-state index in [4.69, 9.17) is 9.47 Å². The van der Waals surface area contributed by atoms with Crippen LogP contribution in [0.1, 0.15) is 44.5 Å². The molecule has 6 heteroatoms.